The number of nitrogens with two attached hydrogens (primary N) is 1. The van der Waals surface area contributed by atoms with Crippen LogP contribution in [-0.4, -0.2) is 25.4 Å². The van der Waals surface area contributed by atoms with Gasteiger partial charge in [-0.25, -0.2) is 13.4 Å². The molecule has 0 aliphatic rings. The first kappa shape index (κ1) is 12.4. The number of sulfonamides is 1. The molecule has 1 rings (SSSR count). The van der Waals surface area contributed by atoms with Gasteiger partial charge in [0.15, 0.2) is 8.68 Å². The van der Waals surface area contributed by atoms with E-state index in [9.17, 15) is 13.2 Å². The van der Waals surface area contributed by atoms with Gasteiger partial charge in [0.25, 0.3) is 10.0 Å². The molecule has 0 aliphatic heterocycles. The summed E-state index contributed by atoms with van der Waals surface area (Å²) in [6, 6.07) is -0.976. The number of hydrogen-bond donors (Lipinski definition) is 2. The van der Waals surface area contributed by atoms with E-state index in [1.54, 1.807) is 0 Å². The van der Waals surface area contributed by atoms with Crippen molar-refractivity contribution in [3.05, 3.63) is 10.7 Å². The fourth-order valence-electron chi connectivity index (χ4n) is 0.712. The maximum atomic E-state index is 11.6. The normalized spacial score (nSPS) is 13.7. The number of carbonyl (C=O) groups excluding carboxylic acids is 1. The molecule has 1 aromatic heterocycles. The van der Waals surface area contributed by atoms with Gasteiger partial charge in [0.05, 0.1) is 12.2 Å². The highest BCUT2D eigenvalue weighted by Gasteiger charge is 2.22. The number of thiazole rings is 1. The second kappa shape index (κ2) is 4.44. The molecule has 6 nitrogen and oxygen atoms in total. The molecule has 3 N–H and O–H groups in total. The first-order valence-electron chi connectivity index (χ1n) is 3.76. The Morgan fingerprint density at radius 3 is 2.73 bits per heavy atom. The van der Waals surface area contributed by atoms with Gasteiger partial charge >= 0.3 is 0 Å². The predicted molar refractivity (Wildman–Crippen MR) is 56.1 cm³/mol. The van der Waals surface area contributed by atoms with Gasteiger partial charge in [-0.2, -0.15) is 4.72 Å². The highest BCUT2D eigenvalue weighted by molar-refractivity contribution is 7.91. The average Bonchev–Trinajstić information content (AvgIpc) is 2.51. The van der Waals surface area contributed by atoms with Crippen LogP contribution in [0.5, 0.6) is 0 Å². The number of primary amides is 1. The minimum absolute atomic E-state index is 0.0550. The van der Waals surface area contributed by atoms with Gasteiger partial charge in [0.1, 0.15) is 0 Å². The summed E-state index contributed by atoms with van der Waals surface area (Å²) >= 11 is 6.29. The van der Waals surface area contributed by atoms with Gasteiger partial charge in [-0.1, -0.05) is 22.9 Å². The number of hydrogen-bond acceptors (Lipinski definition) is 5. The Morgan fingerprint density at radius 1 is 1.73 bits per heavy atom. The van der Waals surface area contributed by atoms with Crippen molar-refractivity contribution in [3.63, 3.8) is 0 Å². The van der Waals surface area contributed by atoms with Crippen molar-refractivity contribution < 1.29 is 13.2 Å². The number of nitrogens with zero attached hydrogens (tertiary/aromatic N) is 1. The van der Waals surface area contributed by atoms with Crippen molar-refractivity contribution in [1.29, 1.82) is 0 Å². The number of rotatable bonds is 4. The summed E-state index contributed by atoms with van der Waals surface area (Å²) in [5.74, 6) is -0.755. The summed E-state index contributed by atoms with van der Waals surface area (Å²) in [5.41, 5.74) is 4.92. The topological polar surface area (TPSA) is 102 Å². The van der Waals surface area contributed by atoms with E-state index >= 15 is 0 Å². The highest BCUT2D eigenvalue weighted by atomic mass is 35.5. The van der Waals surface area contributed by atoms with Crippen molar-refractivity contribution >= 4 is 38.9 Å². The van der Waals surface area contributed by atoms with E-state index in [4.69, 9.17) is 17.3 Å². The van der Waals surface area contributed by atoms with Gasteiger partial charge in [0.2, 0.25) is 5.91 Å². The number of carbonyl (C=O) groups is 1. The fraction of sp³-hybridized carbons (Fsp3) is 0.333. The van der Waals surface area contributed by atoms with Crippen molar-refractivity contribution in [2.45, 2.75) is 17.2 Å². The second-order valence-corrected chi connectivity index (χ2v) is 6.23. The van der Waals surface area contributed by atoms with Crippen LogP contribution in [0, 0.1) is 0 Å². The monoisotopic (exact) mass is 269 g/mol. The minimum atomic E-state index is -3.76. The van der Waals surface area contributed by atoms with E-state index in [0.717, 1.165) is 17.5 Å². The lowest BCUT2D eigenvalue weighted by Crippen LogP contribution is -2.41. The molecule has 0 bridgehead atoms. The van der Waals surface area contributed by atoms with Crippen LogP contribution in [0.2, 0.25) is 4.47 Å². The van der Waals surface area contributed by atoms with E-state index in [2.05, 4.69) is 9.71 Å². The molecule has 0 aliphatic carbocycles. The maximum absolute atomic E-state index is 11.6. The molecule has 0 saturated carbocycles. The molecule has 1 amide bonds. The molecule has 0 fully saturated rings. The van der Waals surface area contributed by atoms with Gasteiger partial charge in [-0.15, -0.1) is 0 Å². The van der Waals surface area contributed by atoms with E-state index in [-0.39, 0.29) is 8.68 Å². The third kappa shape index (κ3) is 3.13. The van der Waals surface area contributed by atoms with Gasteiger partial charge in [-0.3, -0.25) is 4.79 Å². The lowest BCUT2D eigenvalue weighted by Gasteiger charge is -2.08. The van der Waals surface area contributed by atoms with E-state index < -0.39 is 22.0 Å². The van der Waals surface area contributed by atoms with Crippen LogP contribution < -0.4 is 10.5 Å². The molecule has 0 spiro atoms. The van der Waals surface area contributed by atoms with Crippen LogP contribution in [0.1, 0.15) is 6.92 Å². The molecule has 1 aromatic rings. The molecular formula is C6H8ClN3O3S2. The Bertz CT molecular complexity index is 470. The Hall–Kier alpha value is -0.700. The zero-order valence-corrected chi connectivity index (χ0v) is 9.99. The van der Waals surface area contributed by atoms with Crippen molar-refractivity contribution in [2.75, 3.05) is 0 Å². The second-order valence-electron chi connectivity index (χ2n) is 2.68. The fourth-order valence-corrected chi connectivity index (χ4v) is 3.23. The zero-order valence-electron chi connectivity index (χ0n) is 7.60. The van der Waals surface area contributed by atoms with Gasteiger partial charge in [0, 0.05) is 0 Å². The Kier molecular flexibility index (Phi) is 3.66. The molecule has 0 saturated heterocycles. The van der Waals surface area contributed by atoms with Crippen LogP contribution in [0.4, 0.5) is 0 Å². The largest absolute Gasteiger partial charge is 0.368 e. The lowest BCUT2D eigenvalue weighted by atomic mass is 10.4. The quantitative estimate of drug-likeness (QED) is 0.800. The Morgan fingerprint density at radius 2 is 2.33 bits per heavy atom. The van der Waals surface area contributed by atoms with E-state index in [0.29, 0.717) is 0 Å². The molecule has 9 heteroatoms. The van der Waals surface area contributed by atoms with Crippen LogP contribution in [0.15, 0.2) is 10.4 Å². The SMILES string of the molecule is CC(NS(=O)(=O)c1cnc(Cl)s1)C(N)=O. The summed E-state index contributed by atoms with van der Waals surface area (Å²) in [6.45, 7) is 1.35. The van der Waals surface area contributed by atoms with Crippen LogP contribution in [-0.2, 0) is 14.8 Å². The molecule has 1 unspecified atom stereocenters. The number of nitrogens with one attached hydrogen (secondary N) is 1. The summed E-state index contributed by atoms with van der Waals surface area (Å²) in [4.78, 5) is 14.3. The number of aromatic nitrogens is 1. The molecule has 0 radical (unpaired) electrons. The van der Waals surface area contributed by atoms with Crippen LogP contribution >= 0.6 is 22.9 Å². The first-order chi connectivity index (χ1) is 6.83. The molecular weight excluding hydrogens is 262 g/mol. The zero-order chi connectivity index (χ0) is 11.6. The number of halogens is 1. The van der Waals surface area contributed by atoms with Crippen molar-refractivity contribution in [2.24, 2.45) is 5.73 Å². The standard InChI is InChI=1S/C6H8ClN3O3S2/c1-3(5(8)11)10-15(12,13)4-2-9-6(7)14-4/h2-3,10H,1H3,(H2,8,11). The third-order valence-corrected chi connectivity index (χ3v) is 4.60. The van der Waals surface area contributed by atoms with Crippen LogP contribution in [0.3, 0.4) is 0 Å². The summed E-state index contributed by atoms with van der Waals surface area (Å²) < 4.78 is 25.3. The molecule has 1 heterocycles. The Balaban J connectivity index is 2.90. The smallest absolute Gasteiger partial charge is 0.252 e. The average molecular weight is 270 g/mol. The summed E-state index contributed by atoms with van der Waals surface area (Å²) in [6.07, 6.45) is 1.11. The Labute approximate surface area is 95.5 Å². The maximum Gasteiger partial charge on any atom is 0.252 e. The summed E-state index contributed by atoms with van der Waals surface area (Å²) in [5, 5.41) is 0. The number of amides is 1. The molecule has 0 aromatic carbocycles. The molecule has 1 atom stereocenters. The van der Waals surface area contributed by atoms with Crippen molar-refractivity contribution in [3.8, 4) is 0 Å². The third-order valence-electron chi connectivity index (χ3n) is 1.48. The summed E-state index contributed by atoms with van der Waals surface area (Å²) in [7, 11) is -3.76. The highest BCUT2D eigenvalue weighted by Crippen LogP contribution is 2.22. The van der Waals surface area contributed by atoms with Crippen LogP contribution in [0.25, 0.3) is 0 Å². The molecule has 84 valence electrons. The van der Waals surface area contributed by atoms with E-state index in [1.165, 1.54) is 6.92 Å². The van der Waals surface area contributed by atoms with Crippen molar-refractivity contribution in [1.82, 2.24) is 9.71 Å². The predicted octanol–water partition coefficient (Wildman–Crippen LogP) is -0.0514. The van der Waals surface area contributed by atoms with Gasteiger partial charge < -0.3 is 5.73 Å². The molecule has 15 heavy (non-hydrogen) atoms. The lowest BCUT2D eigenvalue weighted by molar-refractivity contribution is -0.119. The van der Waals surface area contributed by atoms with E-state index in [1.807, 2.05) is 0 Å². The van der Waals surface area contributed by atoms with Gasteiger partial charge in [-0.05, 0) is 6.92 Å². The first-order valence-corrected chi connectivity index (χ1v) is 6.43. The minimum Gasteiger partial charge on any atom is -0.368 e.